The minimum atomic E-state index is -0.661. The van der Waals surface area contributed by atoms with Crippen molar-refractivity contribution in [3.05, 3.63) is 54.3 Å². The van der Waals surface area contributed by atoms with Crippen LogP contribution in [-0.4, -0.2) is 36.7 Å². The van der Waals surface area contributed by atoms with Crippen LogP contribution < -0.4 is 10.6 Å². The molecule has 6 heteroatoms. The van der Waals surface area contributed by atoms with Crippen LogP contribution in [0.15, 0.2) is 37.6 Å². The molecule has 0 aliphatic rings. The molecule has 1 atom stereocenters. The van der Waals surface area contributed by atoms with Gasteiger partial charge in [-0.2, -0.15) is 5.26 Å². The number of carbonyl (C=O) groups excluding carboxylic acids is 1. The minimum Gasteiger partial charge on any atom is -0.374 e. The van der Waals surface area contributed by atoms with Crippen molar-refractivity contribution in [3.63, 3.8) is 0 Å². The van der Waals surface area contributed by atoms with Gasteiger partial charge in [0.1, 0.15) is 6.04 Å². The Morgan fingerprint density at radius 1 is 1.44 bits per heavy atom. The molecular formula is C21H29FN4O. The van der Waals surface area contributed by atoms with Crippen LogP contribution in [0.5, 0.6) is 0 Å². The summed E-state index contributed by atoms with van der Waals surface area (Å²) in [4.78, 5) is 14.7. The molecule has 0 aliphatic heterocycles. The largest absolute Gasteiger partial charge is 0.374 e. The maximum absolute atomic E-state index is 13.3. The Morgan fingerprint density at radius 2 is 2.19 bits per heavy atom. The van der Waals surface area contributed by atoms with E-state index < -0.39 is 12.7 Å². The molecule has 146 valence electrons. The highest BCUT2D eigenvalue weighted by Gasteiger charge is 2.25. The number of nitrogens with zero attached hydrogens (tertiary/aromatic N) is 2. The molecule has 1 unspecified atom stereocenters. The van der Waals surface area contributed by atoms with Gasteiger partial charge in [0.25, 0.3) is 5.91 Å². The van der Waals surface area contributed by atoms with E-state index in [-0.39, 0.29) is 18.9 Å². The van der Waals surface area contributed by atoms with E-state index in [0.29, 0.717) is 25.1 Å². The van der Waals surface area contributed by atoms with Gasteiger partial charge in [-0.3, -0.25) is 9.18 Å². The van der Waals surface area contributed by atoms with E-state index in [1.54, 1.807) is 12.3 Å². The molecule has 0 radical (unpaired) electrons. The summed E-state index contributed by atoms with van der Waals surface area (Å²) >= 11 is 0. The first-order valence-electron chi connectivity index (χ1n) is 9.13. The van der Waals surface area contributed by atoms with Crippen molar-refractivity contribution in [1.82, 2.24) is 10.2 Å². The molecular weight excluding hydrogens is 343 g/mol. The molecule has 0 aromatic heterocycles. The van der Waals surface area contributed by atoms with Crippen LogP contribution in [-0.2, 0) is 6.42 Å². The number of hydrogen-bond acceptors (Lipinski definition) is 4. The summed E-state index contributed by atoms with van der Waals surface area (Å²) in [6, 6.07) is 5.27. The highest BCUT2D eigenvalue weighted by atomic mass is 19.1. The lowest BCUT2D eigenvalue weighted by Gasteiger charge is -2.28. The van der Waals surface area contributed by atoms with Gasteiger partial charge in [0.15, 0.2) is 0 Å². The van der Waals surface area contributed by atoms with Crippen molar-refractivity contribution < 1.29 is 9.18 Å². The fraction of sp³-hybridized carbons (Fsp3) is 0.429. The Bertz CT molecular complexity index is 696. The van der Waals surface area contributed by atoms with E-state index in [9.17, 15) is 14.4 Å². The second-order valence-electron chi connectivity index (χ2n) is 6.15. The summed E-state index contributed by atoms with van der Waals surface area (Å²) in [6.45, 7) is 11.3. The second-order valence-corrected chi connectivity index (χ2v) is 6.15. The van der Waals surface area contributed by atoms with Crippen LogP contribution in [0.1, 0.15) is 41.3 Å². The van der Waals surface area contributed by atoms with Crippen molar-refractivity contribution >= 4 is 11.6 Å². The number of anilines is 1. The van der Waals surface area contributed by atoms with E-state index in [1.807, 2.05) is 26.0 Å². The van der Waals surface area contributed by atoms with Crippen LogP contribution in [0.3, 0.4) is 0 Å². The molecule has 5 nitrogen and oxygen atoms in total. The fourth-order valence-electron chi connectivity index (χ4n) is 2.86. The molecule has 0 bridgehead atoms. The van der Waals surface area contributed by atoms with E-state index in [0.717, 1.165) is 16.8 Å². The fourth-order valence-corrected chi connectivity index (χ4v) is 2.86. The summed E-state index contributed by atoms with van der Waals surface area (Å²) in [5.74, 6) is -0.256. The van der Waals surface area contributed by atoms with Gasteiger partial charge in [0.2, 0.25) is 0 Å². The number of aryl methyl sites for hydroxylation is 2. The number of rotatable bonds is 12. The van der Waals surface area contributed by atoms with Gasteiger partial charge in [-0.05, 0) is 49.6 Å². The first kappa shape index (κ1) is 22.2. The van der Waals surface area contributed by atoms with Crippen molar-refractivity contribution in [3.8, 4) is 6.07 Å². The molecule has 0 fully saturated rings. The van der Waals surface area contributed by atoms with Crippen LogP contribution in [0, 0.1) is 18.3 Å². The topological polar surface area (TPSA) is 68.2 Å². The van der Waals surface area contributed by atoms with Crippen LogP contribution in [0.25, 0.3) is 0 Å². The molecule has 0 spiro atoms. The molecule has 0 saturated heterocycles. The van der Waals surface area contributed by atoms with Crippen molar-refractivity contribution in [2.24, 2.45) is 0 Å². The zero-order valence-electron chi connectivity index (χ0n) is 16.2. The smallest absolute Gasteiger partial charge is 0.255 e. The van der Waals surface area contributed by atoms with Crippen LogP contribution in [0.4, 0.5) is 10.1 Å². The summed E-state index contributed by atoms with van der Waals surface area (Å²) in [5, 5.41) is 15.7. The van der Waals surface area contributed by atoms with Gasteiger partial charge in [-0.15, -0.1) is 6.58 Å². The summed E-state index contributed by atoms with van der Waals surface area (Å²) < 4.78 is 12.7. The molecule has 0 aliphatic carbocycles. The third-order valence-corrected chi connectivity index (χ3v) is 4.30. The summed E-state index contributed by atoms with van der Waals surface area (Å²) in [5.41, 5.74) is 3.28. The third-order valence-electron chi connectivity index (χ3n) is 4.30. The molecule has 1 rings (SSSR count). The lowest BCUT2D eigenvalue weighted by molar-refractivity contribution is 0.0712. The Balaban J connectivity index is 3.28. The van der Waals surface area contributed by atoms with Gasteiger partial charge < -0.3 is 15.5 Å². The van der Waals surface area contributed by atoms with E-state index >= 15 is 0 Å². The number of alkyl halides is 1. The molecule has 1 aromatic carbocycles. The average Bonchev–Trinajstić information content (AvgIpc) is 2.68. The Kier molecular flexibility index (Phi) is 9.66. The van der Waals surface area contributed by atoms with Gasteiger partial charge >= 0.3 is 0 Å². The number of nitriles is 1. The standard InChI is InChI=1S/C21H29FN4O/c1-5-9-18(14-23)26(11-8-10-22)21(27)19-13-20(25-15-24-7-3)16(4)12-17(19)6-2/h5,7,12-13,18,24-25H,1,3,6,8-11,15H2,2,4H3. The normalized spacial score (nSPS) is 11.2. The number of hydrogen-bond donors (Lipinski definition) is 2. The highest BCUT2D eigenvalue weighted by Crippen LogP contribution is 2.24. The van der Waals surface area contributed by atoms with Crippen LogP contribution >= 0.6 is 0 Å². The zero-order valence-corrected chi connectivity index (χ0v) is 16.2. The monoisotopic (exact) mass is 372 g/mol. The van der Waals surface area contributed by atoms with E-state index in [1.165, 1.54) is 4.90 Å². The number of nitrogens with one attached hydrogen (secondary N) is 2. The van der Waals surface area contributed by atoms with Gasteiger partial charge in [-0.1, -0.05) is 25.6 Å². The third kappa shape index (κ3) is 6.14. The van der Waals surface area contributed by atoms with Crippen LogP contribution in [0.2, 0.25) is 0 Å². The van der Waals surface area contributed by atoms with Crippen molar-refractivity contribution in [1.29, 1.82) is 5.26 Å². The number of amides is 1. The van der Waals surface area contributed by atoms with Crippen molar-refractivity contribution in [2.45, 2.75) is 39.2 Å². The Hall–Kier alpha value is -2.81. The maximum Gasteiger partial charge on any atom is 0.255 e. The van der Waals surface area contributed by atoms with Gasteiger partial charge in [-0.25, -0.2) is 0 Å². The highest BCUT2D eigenvalue weighted by molar-refractivity contribution is 5.97. The van der Waals surface area contributed by atoms with Gasteiger partial charge in [0, 0.05) is 17.8 Å². The molecule has 1 aromatic rings. The number of carbonyl (C=O) groups is 1. The zero-order chi connectivity index (χ0) is 20.2. The lowest BCUT2D eigenvalue weighted by atomic mass is 9.98. The van der Waals surface area contributed by atoms with E-state index in [4.69, 9.17) is 0 Å². The minimum absolute atomic E-state index is 0.194. The number of halogens is 1. The Morgan fingerprint density at radius 3 is 2.74 bits per heavy atom. The second kappa shape index (κ2) is 11.7. The molecule has 0 heterocycles. The van der Waals surface area contributed by atoms with Crippen molar-refractivity contribution in [2.75, 3.05) is 25.2 Å². The quantitative estimate of drug-likeness (QED) is 0.331. The average molecular weight is 372 g/mol. The number of benzene rings is 1. The molecule has 27 heavy (non-hydrogen) atoms. The lowest BCUT2D eigenvalue weighted by Crippen LogP contribution is -2.40. The first-order chi connectivity index (χ1) is 13.0. The van der Waals surface area contributed by atoms with E-state index in [2.05, 4.69) is 29.9 Å². The Labute approximate surface area is 161 Å². The molecule has 0 saturated carbocycles. The first-order valence-corrected chi connectivity index (χ1v) is 9.13. The summed E-state index contributed by atoms with van der Waals surface area (Å²) in [6.07, 6.45) is 4.41. The van der Waals surface area contributed by atoms with Gasteiger partial charge in [0.05, 0.1) is 19.4 Å². The predicted octanol–water partition coefficient (Wildman–Crippen LogP) is 3.93. The molecule has 1 amide bonds. The SMILES string of the molecule is C=CCC(C#N)N(CCCF)C(=O)c1cc(NCNC=C)c(C)cc1CC. The predicted molar refractivity (Wildman–Crippen MR) is 108 cm³/mol. The maximum atomic E-state index is 13.3. The summed E-state index contributed by atoms with van der Waals surface area (Å²) in [7, 11) is 0. The molecule has 2 N–H and O–H groups in total.